The first-order valence-electron chi connectivity index (χ1n) is 11.1. The Morgan fingerprint density at radius 3 is 2.56 bits per heavy atom. The van der Waals surface area contributed by atoms with Gasteiger partial charge in [0.1, 0.15) is 18.1 Å². The van der Waals surface area contributed by atoms with E-state index < -0.39 is 17.7 Å². The van der Waals surface area contributed by atoms with Gasteiger partial charge in [-0.15, -0.1) is 11.3 Å². The predicted molar refractivity (Wildman–Crippen MR) is 132 cm³/mol. The van der Waals surface area contributed by atoms with Crippen LogP contribution in [-0.2, 0) is 20.9 Å². The smallest absolute Gasteiger partial charge is 0.295 e. The number of amides is 1. The number of ketones is 1. The fraction of sp³-hybridized carbons (Fsp3) is 0.259. The second-order valence-electron chi connectivity index (χ2n) is 8.11. The Hall–Kier alpha value is -3.42. The van der Waals surface area contributed by atoms with Crippen molar-refractivity contribution in [1.82, 2.24) is 4.90 Å². The molecular formula is C27H27NO5S. The molecule has 1 amide bonds. The average Bonchev–Trinajstić information content (AvgIpc) is 3.46. The summed E-state index contributed by atoms with van der Waals surface area (Å²) in [7, 11) is 1.60. The maximum absolute atomic E-state index is 13.0. The molecule has 1 aromatic heterocycles. The second-order valence-corrected chi connectivity index (χ2v) is 9.08. The van der Waals surface area contributed by atoms with Crippen LogP contribution in [0, 0.1) is 6.92 Å². The number of likely N-dealkylation sites (tertiary alicyclic amines) is 1. The first-order chi connectivity index (χ1) is 16.5. The zero-order valence-corrected chi connectivity index (χ0v) is 20.0. The summed E-state index contributed by atoms with van der Waals surface area (Å²) in [6.45, 7) is 3.11. The van der Waals surface area contributed by atoms with E-state index in [9.17, 15) is 14.7 Å². The number of methoxy groups -OCH3 is 1. The number of hydrogen-bond donors (Lipinski definition) is 1. The molecule has 1 aliphatic rings. The number of carbonyl (C=O) groups excluding carboxylic acids is 2. The third kappa shape index (κ3) is 4.90. The number of benzene rings is 2. The van der Waals surface area contributed by atoms with Crippen molar-refractivity contribution in [2.75, 3.05) is 20.3 Å². The maximum atomic E-state index is 13.0. The van der Waals surface area contributed by atoms with Crippen LogP contribution in [0.3, 0.4) is 0 Å². The number of Topliss-reactive ketones (excluding diaryl/α,β-unsaturated/α-hetero) is 1. The molecule has 2 heterocycles. The summed E-state index contributed by atoms with van der Waals surface area (Å²) in [5.41, 5.74) is 2.42. The highest BCUT2D eigenvalue weighted by Gasteiger charge is 2.46. The lowest BCUT2D eigenvalue weighted by atomic mass is 9.97. The van der Waals surface area contributed by atoms with Crippen molar-refractivity contribution in [3.63, 3.8) is 0 Å². The molecule has 3 aromatic rings. The van der Waals surface area contributed by atoms with Gasteiger partial charge in [-0.25, -0.2) is 0 Å². The summed E-state index contributed by atoms with van der Waals surface area (Å²) in [6, 6.07) is 18.3. The summed E-state index contributed by atoms with van der Waals surface area (Å²) in [6.07, 6.45) is 0.595. The number of rotatable bonds is 9. The van der Waals surface area contributed by atoms with Crippen molar-refractivity contribution >= 4 is 28.8 Å². The van der Waals surface area contributed by atoms with E-state index in [1.807, 2.05) is 60.8 Å². The molecule has 0 bridgehead atoms. The summed E-state index contributed by atoms with van der Waals surface area (Å²) in [5, 5.41) is 13.2. The largest absolute Gasteiger partial charge is 0.507 e. The molecule has 1 N–H and O–H groups in total. The Labute approximate surface area is 203 Å². The normalized spacial score (nSPS) is 17.4. The number of nitrogens with zero attached hydrogens (tertiary/aromatic N) is 1. The lowest BCUT2D eigenvalue weighted by Gasteiger charge is -2.24. The monoisotopic (exact) mass is 477 g/mol. The third-order valence-electron chi connectivity index (χ3n) is 5.80. The Kier molecular flexibility index (Phi) is 7.45. The maximum Gasteiger partial charge on any atom is 0.295 e. The Bertz CT molecular complexity index is 1190. The third-order valence-corrected chi connectivity index (χ3v) is 6.73. The molecule has 7 heteroatoms. The number of carbonyl (C=O) groups is 2. The van der Waals surface area contributed by atoms with Gasteiger partial charge in [-0.3, -0.25) is 9.59 Å². The average molecular weight is 478 g/mol. The van der Waals surface area contributed by atoms with E-state index in [4.69, 9.17) is 9.47 Å². The van der Waals surface area contributed by atoms with Gasteiger partial charge in [0.15, 0.2) is 0 Å². The van der Waals surface area contributed by atoms with Crippen LogP contribution in [0.2, 0.25) is 0 Å². The molecule has 1 fully saturated rings. The first kappa shape index (κ1) is 23.7. The lowest BCUT2D eigenvalue weighted by Crippen LogP contribution is -2.31. The molecule has 2 aromatic carbocycles. The van der Waals surface area contributed by atoms with Crippen LogP contribution in [0.1, 0.15) is 34.0 Å². The summed E-state index contributed by atoms with van der Waals surface area (Å²) >= 11 is 1.45. The molecule has 0 radical (unpaired) electrons. The van der Waals surface area contributed by atoms with Gasteiger partial charge in [0.05, 0.1) is 11.6 Å². The number of aliphatic hydroxyl groups excluding tert-OH is 1. The van der Waals surface area contributed by atoms with E-state index in [2.05, 4.69) is 0 Å². The molecule has 0 saturated carbocycles. The molecular weight excluding hydrogens is 450 g/mol. The summed E-state index contributed by atoms with van der Waals surface area (Å²) in [4.78, 5) is 28.3. The summed E-state index contributed by atoms with van der Waals surface area (Å²) < 4.78 is 11.0. The molecule has 176 valence electrons. The van der Waals surface area contributed by atoms with Crippen molar-refractivity contribution in [2.24, 2.45) is 0 Å². The minimum atomic E-state index is -0.669. The second kappa shape index (κ2) is 10.7. The zero-order valence-electron chi connectivity index (χ0n) is 19.2. The Balaban J connectivity index is 1.65. The van der Waals surface area contributed by atoms with E-state index in [1.54, 1.807) is 19.2 Å². The van der Waals surface area contributed by atoms with Crippen molar-refractivity contribution < 1.29 is 24.2 Å². The standard InChI is InChI=1S/C27H27NO5S/c1-18-16-20(33-17-19-8-4-3-5-9-19)11-12-21(18)25(29)23-24(22-10-6-15-34-22)28(13-7-14-32-2)27(31)26(23)30/h3-6,8-12,15-16,24,29H,7,13-14,17H2,1-2H3/b25-23+/t24-/m1/s1. The van der Waals surface area contributed by atoms with Crippen LogP contribution in [-0.4, -0.2) is 42.0 Å². The highest BCUT2D eigenvalue weighted by Crippen LogP contribution is 2.41. The van der Waals surface area contributed by atoms with Gasteiger partial charge >= 0.3 is 0 Å². The highest BCUT2D eigenvalue weighted by molar-refractivity contribution is 7.10. The summed E-state index contributed by atoms with van der Waals surface area (Å²) in [5.74, 6) is -0.778. The van der Waals surface area contributed by atoms with E-state index in [0.29, 0.717) is 37.5 Å². The Morgan fingerprint density at radius 2 is 1.88 bits per heavy atom. The molecule has 1 atom stereocenters. The van der Waals surface area contributed by atoms with Gasteiger partial charge in [0, 0.05) is 30.7 Å². The van der Waals surface area contributed by atoms with Crippen LogP contribution in [0.25, 0.3) is 5.76 Å². The van der Waals surface area contributed by atoms with E-state index in [-0.39, 0.29) is 11.3 Å². The van der Waals surface area contributed by atoms with E-state index in [1.165, 1.54) is 16.2 Å². The number of aryl methyl sites for hydroxylation is 1. The number of ether oxygens (including phenoxy) is 2. The van der Waals surface area contributed by atoms with Gasteiger partial charge in [-0.1, -0.05) is 36.4 Å². The van der Waals surface area contributed by atoms with Crippen LogP contribution in [0.15, 0.2) is 71.6 Å². The SMILES string of the molecule is COCCCN1C(=O)C(=O)/C(=C(/O)c2ccc(OCc3ccccc3)cc2C)[C@H]1c1cccs1. The minimum absolute atomic E-state index is 0.117. The lowest BCUT2D eigenvalue weighted by molar-refractivity contribution is -0.140. The Morgan fingerprint density at radius 1 is 1.09 bits per heavy atom. The van der Waals surface area contributed by atoms with Gasteiger partial charge < -0.3 is 19.5 Å². The number of thiophene rings is 1. The molecule has 0 aliphatic carbocycles. The molecule has 6 nitrogen and oxygen atoms in total. The number of aliphatic hydroxyl groups is 1. The molecule has 1 saturated heterocycles. The fourth-order valence-corrected chi connectivity index (χ4v) is 4.96. The van der Waals surface area contributed by atoms with Crippen LogP contribution in [0.4, 0.5) is 0 Å². The van der Waals surface area contributed by atoms with E-state index >= 15 is 0 Å². The van der Waals surface area contributed by atoms with Crippen LogP contribution >= 0.6 is 11.3 Å². The van der Waals surface area contributed by atoms with Crippen molar-refractivity contribution in [3.05, 3.63) is 93.2 Å². The van der Waals surface area contributed by atoms with Crippen molar-refractivity contribution in [2.45, 2.75) is 26.0 Å². The molecule has 1 aliphatic heterocycles. The number of hydrogen-bond acceptors (Lipinski definition) is 6. The van der Waals surface area contributed by atoms with Crippen molar-refractivity contribution in [1.29, 1.82) is 0 Å². The minimum Gasteiger partial charge on any atom is -0.507 e. The van der Waals surface area contributed by atoms with Crippen LogP contribution in [0.5, 0.6) is 5.75 Å². The predicted octanol–water partition coefficient (Wildman–Crippen LogP) is 5.09. The van der Waals surface area contributed by atoms with Gasteiger partial charge in [-0.2, -0.15) is 0 Å². The first-order valence-corrected chi connectivity index (χ1v) is 12.0. The molecule has 0 unspecified atom stereocenters. The fourth-order valence-electron chi connectivity index (χ4n) is 4.11. The zero-order chi connectivity index (χ0) is 24.1. The molecule has 4 rings (SSSR count). The van der Waals surface area contributed by atoms with E-state index in [0.717, 1.165) is 16.0 Å². The van der Waals surface area contributed by atoms with Gasteiger partial charge in [0.2, 0.25) is 0 Å². The van der Waals surface area contributed by atoms with Crippen molar-refractivity contribution in [3.8, 4) is 5.75 Å². The quantitative estimate of drug-likeness (QED) is 0.201. The van der Waals surface area contributed by atoms with Gasteiger partial charge in [-0.05, 0) is 54.1 Å². The molecule has 34 heavy (non-hydrogen) atoms. The highest BCUT2D eigenvalue weighted by atomic mass is 32.1. The van der Waals surface area contributed by atoms with Crippen LogP contribution < -0.4 is 4.74 Å². The topological polar surface area (TPSA) is 76.1 Å². The molecule has 0 spiro atoms. The van der Waals surface area contributed by atoms with Gasteiger partial charge in [0.25, 0.3) is 11.7 Å².